The van der Waals surface area contributed by atoms with Crippen molar-refractivity contribution in [3.63, 3.8) is 0 Å². The summed E-state index contributed by atoms with van der Waals surface area (Å²) in [6.07, 6.45) is 4.40. The molecule has 2 saturated heterocycles. The molecule has 0 spiro atoms. The number of aromatic nitrogens is 2. The highest BCUT2D eigenvalue weighted by atomic mass is 32.1. The molecule has 8 nitrogen and oxygen atoms in total. The highest BCUT2D eigenvalue weighted by molar-refractivity contribution is 7.08. The monoisotopic (exact) mass is 531 g/mol. The molecular weight excluding hydrogens is 498 g/mol. The zero-order chi connectivity index (χ0) is 25.9. The van der Waals surface area contributed by atoms with E-state index in [2.05, 4.69) is 37.2 Å². The standard InChI is InChI=1S/C29H33N5O3S/c1-36-26-16-19(4-7-25(26)37-22-8-11-30-12-9-22)27-23-17-21(5-6-24(23)32-33-27)31-29(35)28(20-10-15-38-18-20)34-13-2-3-14-34/h4-7,10,15-18,22,28,30H,2-3,8-9,11-14H2,1H3,(H,31,35)(H,32,33). The quantitative estimate of drug-likeness (QED) is 0.289. The van der Waals surface area contributed by atoms with Crippen LogP contribution in [0.4, 0.5) is 5.69 Å². The van der Waals surface area contributed by atoms with E-state index in [4.69, 9.17) is 9.47 Å². The van der Waals surface area contributed by atoms with Gasteiger partial charge in [0.15, 0.2) is 11.5 Å². The molecule has 1 amide bonds. The summed E-state index contributed by atoms with van der Waals surface area (Å²) in [5, 5.41) is 19.3. The zero-order valence-corrected chi connectivity index (χ0v) is 22.4. The highest BCUT2D eigenvalue weighted by Crippen LogP contribution is 2.36. The molecule has 4 heterocycles. The van der Waals surface area contributed by atoms with Gasteiger partial charge in [-0.1, -0.05) is 0 Å². The summed E-state index contributed by atoms with van der Waals surface area (Å²) in [5.41, 5.74) is 4.43. The maximum atomic E-state index is 13.5. The van der Waals surface area contributed by atoms with Crippen molar-refractivity contribution in [2.24, 2.45) is 0 Å². The molecular formula is C29H33N5O3S. The third-order valence-corrected chi connectivity index (χ3v) is 8.16. The Kier molecular flexibility index (Phi) is 7.31. The number of nitrogens with zero attached hydrogens (tertiary/aromatic N) is 2. The van der Waals surface area contributed by atoms with Crippen LogP contribution in [0.1, 0.15) is 37.3 Å². The van der Waals surface area contributed by atoms with Crippen molar-refractivity contribution in [3.05, 3.63) is 58.8 Å². The number of hydrogen-bond acceptors (Lipinski definition) is 7. The number of H-pyrrole nitrogens is 1. The Morgan fingerprint density at radius 1 is 1.11 bits per heavy atom. The minimum Gasteiger partial charge on any atom is -0.493 e. The van der Waals surface area contributed by atoms with Gasteiger partial charge >= 0.3 is 0 Å². The fraction of sp³-hybridized carbons (Fsp3) is 0.379. The number of rotatable bonds is 8. The molecule has 1 unspecified atom stereocenters. The number of amides is 1. The number of anilines is 1. The van der Waals surface area contributed by atoms with Crippen LogP contribution in [-0.4, -0.2) is 60.4 Å². The Morgan fingerprint density at radius 2 is 1.95 bits per heavy atom. The SMILES string of the molecule is COc1cc(-c2n[nH]c3ccc(NC(=O)C(c4ccsc4)N4CCCC4)cc23)ccc1OC1CCNCC1. The van der Waals surface area contributed by atoms with Crippen molar-refractivity contribution in [1.29, 1.82) is 0 Å². The van der Waals surface area contributed by atoms with Crippen molar-refractivity contribution in [2.45, 2.75) is 37.8 Å². The number of fused-ring (bicyclic) bond motifs is 1. The van der Waals surface area contributed by atoms with E-state index in [-0.39, 0.29) is 18.1 Å². The van der Waals surface area contributed by atoms with Crippen LogP contribution in [0, 0.1) is 0 Å². The second-order valence-electron chi connectivity index (χ2n) is 9.96. The van der Waals surface area contributed by atoms with Crippen molar-refractivity contribution < 1.29 is 14.3 Å². The predicted octanol–water partition coefficient (Wildman–Crippen LogP) is 5.21. The molecule has 0 bridgehead atoms. The lowest BCUT2D eigenvalue weighted by Gasteiger charge is -2.26. The maximum absolute atomic E-state index is 13.5. The van der Waals surface area contributed by atoms with E-state index in [0.717, 1.165) is 91.0 Å². The Hall–Kier alpha value is -3.40. The van der Waals surface area contributed by atoms with Gasteiger partial charge in [-0.3, -0.25) is 14.8 Å². The van der Waals surface area contributed by atoms with Gasteiger partial charge in [0.2, 0.25) is 5.91 Å². The molecule has 1 atom stereocenters. The number of thiophene rings is 1. The molecule has 38 heavy (non-hydrogen) atoms. The molecule has 198 valence electrons. The van der Waals surface area contributed by atoms with Crippen LogP contribution >= 0.6 is 11.3 Å². The van der Waals surface area contributed by atoms with Crippen LogP contribution in [0.15, 0.2) is 53.2 Å². The average Bonchev–Trinajstić information content (AvgIpc) is 3.73. The van der Waals surface area contributed by atoms with Crippen LogP contribution in [0.2, 0.25) is 0 Å². The van der Waals surface area contributed by atoms with E-state index in [1.54, 1.807) is 18.4 Å². The Morgan fingerprint density at radius 3 is 2.71 bits per heavy atom. The molecule has 6 rings (SSSR count). The van der Waals surface area contributed by atoms with Gasteiger partial charge in [-0.2, -0.15) is 16.4 Å². The van der Waals surface area contributed by atoms with Gasteiger partial charge in [-0.25, -0.2) is 0 Å². The van der Waals surface area contributed by atoms with Gasteiger partial charge in [0.05, 0.1) is 12.6 Å². The lowest BCUT2D eigenvalue weighted by molar-refractivity contribution is -0.121. The third-order valence-electron chi connectivity index (χ3n) is 7.46. The Bertz CT molecular complexity index is 1390. The fourth-order valence-electron chi connectivity index (χ4n) is 5.49. The number of methoxy groups -OCH3 is 1. The molecule has 2 aromatic carbocycles. The molecule has 9 heteroatoms. The summed E-state index contributed by atoms with van der Waals surface area (Å²) in [7, 11) is 1.66. The van der Waals surface area contributed by atoms with E-state index in [1.807, 2.05) is 41.8 Å². The summed E-state index contributed by atoms with van der Waals surface area (Å²) in [5.74, 6) is 1.43. The van der Waals surface area contributed by atoms with Crippen molar-refractivity contribution in [3.8, 4) is 22.8 Å². The van der Waals surface area contributed by atoms with Crippen molar-refractivity contribution in [2.75, 3.05) is 38.6 Å². The fourth-order valence-corrected chi connectivity index (χ4v) is 6.16. The highest BCUT2D eigenvalue weighted by Gasteiger charge is 2.30. The second kappa shape index (κ2) is 11.1. The summed E-state index contributed by atoms with van der Waals surface area (Å²) < 4.78 is 11.9. The van der Waals surface area contributed by atoms with Gasteiger partial charge in [-0.15, -0.1) is 0 Å². The van der Waals surface area contributed by atoms with Gasteiger partial charge in [-0.05, 0) is 111 Å². The van der Waals surface area contributed by atoms with Crippen LogP contribution in [-0.2, 0) is 4.79 Å². The smallest absolute Gasteiger partial charge is 0.246 e. The first-order valence-electron chi connectivity index (χ1n) is 13.3. The molecule has 0 aliphatic carbocycles. The summed E-state index contributed by atoms with van der Waals surface area (Å²) in [6.45, 7) is 3.82. The lowest BCUT2D eigenvalue weighted by atomic mass is 10.1. The van der Waals surface area contributed by atoms with Gasteiger partial charge < -0.3 is 20.1 Å². The normalized spacial score (nSPS) is 17.5. The van der Waals surface area contributed by atoms with E-state index < -0.39 is 0 Å². The Labute approximate surface area is 226 Å². The number of carbonyl (C=O) groups excluding carboxylic acids is 1. The molecule has 3 N–H and O–H groups in total. The third kappa shape index (κ3) is 5.14. The maximum Gasteiger partial charge on any atom is 0.246 e. The number of carbonyl (C=O) groups is 1. The number of aromatic amines is 1. The first kappa shape index (κ1) is 24.9. The van der Waals surface area contributed by atoms with E-state index in [0.29, 0.717) is 5.75 Å². The molecule has 0 saturated carbocycles. The van der Waals surface area contributed by atoms with Crippen LogP contribution in [0.3, 0.4) is 0 Å². The molecule has 4 aromatic rings. The largest absolute Gasteiger partial charge is 0.493 e. The van der Waals surface area contributed by atoms with Crippen LogP contribution in [0.5, 0.6) is 11.5 Å². The van der Waals surface area contributed by atoms with Crippen molar-refractivity contribution in [1.82, 2.24) is 20.4 Å². The van der Waals surface area contributed by atoms with E-state index in [1.165, 1.54) is 0 Å². The summed E-state index contributed by atoms with van der Waals surface area (Å²) >= 11 is 1.63. The number of benzene rings is 2. The predicted molar refractivity (Wildman–Crippen MR) is 151 cm³/mol. The zero-order valence-electron chi connectivity index (χ0n) is 21.5. The number of ether oxygens (including phenoxy) is 2. The van der Waals surface area contributed by atoms with Crippen molar-refractivity contribution >= 4 is 33.8 Å². The van der Waals surface area contributed by atoms with Crippen LogP contribution in [0.25, 0.3) is 22.2 Å². The number of hydrogen-bond donors (Lipinski definition) is 3. The molecule has 2 aromatic heterocycles. The van der Waals surface area contributed by atoms with Gasteiger partial charge in [0.1, 0.15) is 17.8 Å². The first-order chi connectivity index (χ1) is 18.7. The topological polar surface area (TPSA) is 91.5 Å². The summed E-state index contributed by atoms with van der Waals surface area (Å²) in [6, 6.07) is 13.6. The second-order valence-corrected chi connectivity index (χ2v) is 10.7. The minimum absolute atomic E-state index is 0.00391. The molecule has 2 fully saturated rings. The number of piperidine rings is 1. The number of nitrogens with one attached hydrogen (secondary N) is 3. The first-order valence-corrected chi connectivity index (χ1v) is 14.2. The lowest BCUT2D eigenvalue weighted by Crippen LogP contribution is -2.35. The number of likely N-dealkylation sites (tertiary alicyclic amines) is 1. The van der Waals surface area contributed by atoms with E-state index in [9.17, 15) is 4.79 Å². The molecule has 0 radical (unpaired) electrons. The average molecular weight is 532 g/mol. The van der Waals surface area contributed by atoms with E-state index >= 15 is 0 Å². The molecule has 2 aliphatic heterocycles. The van der Waals surface area contributed by atoms with Gasteiger partial charge in [0, 0.05) is 16.6 Å². The van der Waals surface area contributed by atoms with Gasteiger partial charge in [0.25, 0.3) is 0 Å². The van der Waals surface area contributed by atoms with Crippen LogP contribution < -0.4 is 20.1 Å². The Balaban J connectivity index is 1.25. The molecule has 2 aliphatic rings. The summed E-state index contributed by atoms with van der Waals surface area (Å²) in [4.78, 5) is 15.8. The minimum atomic E-state index is -0.278.